The maximum atomic E-state index is 9.66. The molecule has 67 heavy (non-hydrogen) atoms. The Morgan fingerprint density at radius 1 is 0.343 bits per heavy atom. The third-order valence-corrected chi connectivity index (χ3v) is 12.3. The molecule has 9 aromatic carbocycles. The highest BCUT2D eigenvalue weighted by Gasteiger charge is 2.24. The van der Waals surface area contributed by atoms with Crippen molar-refractivity contribution in [1.29, 1.82) is 5.41 Å². The van der Waals surface area contributed by atoms with Crippen molar-refractivity contribution in [2.24, 2.45) is 0 Å². The summed E-state index contributed by atoms with van der Waals surface area (Å²) in [6, 6.07) is 86.1. The number of aromatic nitrogens is 2. The molecule has 4 nitrogen and oxygen atoms in total. The molecule has 0 spiro atoms. The van der Waals surface area contributed by atoms with Gasteiger partial charge in [-0.1, -0.05) is 231 Å². The predicted octanol–water partition coefficient (Wildman–Crippen LogP) is 15.5. The Balaban J connectivity index is 1.02. The molecule has 0 saturated carbocycles. The van der Waals surface area contributed by atoms with Crippen molar-refractivity contribution in [3.63, 3.8) is 0 Å². The van der Waals surface area contributed by atoms with Gasteiger partial charge < -0.3 is 5.32 Å². The fraction of sp³-hybridized carbons (Fsp3) is 0. The molecule has 10 aromatic rings. The van der Waals surface area contributed by atoms with Crippen LogP contribution in [0.2, 0.25) is 0 Å². The molecule has 0 aliphatic carbocycles. The highest BCUT2D eigenvalue weighted by atomic mass is 14.9. The fourth-order valence-electron chi connectivity index (χ4n) is 8.86. The lowest BCUT2D eigenvalue weighted by atomic mass is 9.87. The van der Waals surface area contributed by atoms with Crippen LogP contribution >= 0.6 is 0 Å². The van der Waals surface area contributed by atoms with Gasteiger partial charge in [0.05, 0.1) is 22.8 Å². The first kappa shape index (κ1) is 40.8. The molecule has 1 aliphatic rings. The van der Waals surface area contributed by atoms with Crippen LogP contribution in [0, 0.1) is 5.41 Å². The van der Waals surface area contributed by atoms with E-state index >= 15 is 0 Å². The molecule has 0 bridgehead atoms. The van der Waals surface area contributed by atoms with Gasteiger partial charge in [-0.25, -0.2) is 9.97 Å². The van der Waals surface area contributed by atoms with E-state index in [1.165, 1.54) is 11.1 Å². The fourth-order valence-corrected chi connectivity index (χ4v) is 8.86. The Morgan fingerprint density at radius 2 is 0.761 bits per heavy atom. The van der Waals surface area contributed by atoms with Crippen LogP contribution in [-0.4, -0.2) is 15.7 Å². The zero-order valence-electron chi connectivity index (χ0n) is 36.6. The van der Waals surface area contributed by atoms with Crippen LogP contribution in [0.1, 0.15) is 27.8 Å². The van der Waals surface area contributed by atoms with Gasteiger partial charge >= 0.3 is 0 Å². The summed E-state index contributed by atoms with van der Waals surface area (Å²) in [6.45, 7) is 0. The quantitative estimate of drug-likeness (QED) is 0.135. The molecular weight excluding hydrogens is 813 g/mol. The Hall–Kier alpha value is -8.99. The second kappa shape index (κ2) is 18.2. The monoisotopic (exact) mass is 856 g/mol. The van der Waals surface area contributed by atoms with Gasteiger partial charge in [-0.2, -0.15) is 0 Å². The lowest BCUT2D eigenvalue weighted by Crippen LogP contribution is -2.20. The topological polar surface area (TPSA) is 61.7 Å². The van der Waals surface area contributed by atoms with E-state index in [0.717, 1.165) is 95.1 Å². The van der Waals surface area contributed by atoms with Gasteiger partial charge in [-0.05, 0) is 74.3 Å². The van der Waals surface area contributed by atoms with Crippen LogP contribution in [0.25, 0.3) is 90.3 Å². The Labute approximate surface area is 391 Å². The first-order valence-corrected chi connectivity index (χ1v) is 22.6. The van der Waals surface area contributed by atoms with Crippen LogP contribution in [0.4, 0.5) is 0 Å². The van der Waals surface area contributed by atoms with E-state index in [0.29, 0.717) is 11.5 Å². The van der Waals surface area contributed by atoms with Crippen LogP contribution in [0.3, 0.4) is 0 Å². The molecular formula is C63H44N4. The van der Waals surface area contributed by atoms with Crippen LogP contribution < -0.4 is 5.32 Å². The predicted molar refractivity (Wildman–Crippen MR) is 279 cm³/mol. The Morgan fingerprint density at radius 3 is 1.31 bits per heavy atom. The van der Waals surface area contributed by atoms with Crippen LogP contribution in [0.15, 0.2) is 249 Å². The van der Waals surface area contributed by atoms with Crippen LogP contribution in [-0.2, 0) is 0 Å². The summed E-state index contributed by atoms with van der Waals surface area (Å²) in [4.78, 5) is 10.5. The van der Waals surface area contributed by atoms with Crippen molar-refractivity contribution in [2.45, 2.75) is 0 Å². The molecule has 1 aliphatic heterocycles. The number of nitrogens with zero attached hydrogens (tertiary/aromatic N) is 2. The number of hydrogen-bond donors (Lipinski definition) is 2. The number of nitrogens with one attached hydrogen (secondary N) is 2. The van der Waals surface area contributed by atoms with Crippen molar-refractivity contribution in [2.75, 3.05) is 0 Å². The average molecular weight is 857 g/mol. The maximum absolute atomic E-state index is 9.66. The maximum Gasteiger partial charge on any atom is 0.160 e. The van der Waals surface area contributed by atoms with E-state index in [1.807, 2.05) is 66.7 Å². The zero-order valence-corrected chi connectivity index (χ0v) is 36.6. The van der Waals surface area contributed by atoms with Gasteiger partial charge in [-0.3, -0.25) is 5.41 Å². The summed E-state index contributed by atoms with van der Waals surface area (Å²) in [5.41, 5.74) is 19.6. The SMILES string of the molecule is N=C(/C(=C1\NC(c2ccccc2)=Cc2cc(-c3cccc(-c4nc(-c5ccc(-c6ccccc6)cc5)cc(-c5ccc(-c6ccccc6)cc5)n4)c3)ccc21)c1ccccc1)c1ccccc1. The van der Waals surface area contributed by atoms with E-state index < -0.39 is 0 Å². The summed E-state index contributed by atoms with van der Waals surface area (Å²) in [5.74, 6) is 0.652. The number of allylic oxidation sites excluding steroid dienone is 1. The summed E-state index contributed by atoms with van der Waals surface area (Å²) >= 11 is 0. The largest absolute Gasteiger partial charge is 0.354 e. The van der Waals surface area contributed by atoms with Crippen molar-refractivity contribution in [3.05, 3.63) is 277 Å². The molecule has 316 valence electrons. The highest BCUT2D eigenvalue weighted by molar-refractivity contribution is 6.36. The van der Waals surface area contributed by atoms with Crippen molar-refractivity contribution >= 4 is 28.8 Å². The second-order valence-electron chi connectivity index (χ2n) is 16.6. The molecule has 4 heteroatoms. The zero-order chi connectivity index (χ0) is 44.9. The molecule has 0 unspecified atom stereocenters. The number of benzene rings is 9. The molecule has 0 fully saturated rings. The minimum absolute atomic E-state index is 0.451. The molecule has 11 rings (SSSR count). The number of hydrogen-bond acceptors (Lipinski definition) is 4. The standard InChI is InChI=1S/C63H44N4/c64-61(51-25-14-5-15-26-51)60(50-23-12-4-13-24-50)62-56-38-37-53(40-55(56)41-57(65-62)47-21-10-3-11-22-47)52-27-16-28-54(39-52)63-66-58(48-33-29-45(30-34-48)43-17-6-1-7-18-43)42-59(67-63)49-35-31-46(32-36-49)44-19-8-2-9-20-44/h1-42,64-65H/b62-60-,64-61?. The lowest BCUT2D eigenvalue weighted by Gasteiger charge is -2.26. The second-order valence-corrected chi connectivity index (χ2v) is 16.6. The summed E-state index contributed by atoms with van der Waals surface area (Å²) in [5, 5.41) is 13.5. The highest BCUT2D eigenvalue weighted by Crippen LogP contribution is 2.39. The van der Waals surface area contributed by atoms with E-state index in [2.05, 4.69) is 193 Å². The minimum Gasteiger partial charge on any atom is -0.354 e. The molecule has 0 atom stereocenters. The Bertz CT molecular complexity index is 3330. The first-order chi connectivity index (χ1) is 33.1. The van der Waals surface area contributed by atoms with Gasteiger partial charge in [-0.15, -0.1) is 0 Å². The van der Waals surface area contributed by atoms with Gasteiger partial charge in [0.1, 0.15) is 0 Å². The lowest BCUT2D eigenvalue weighted by molar-refractivity contribution is 1.18. The van der Waals surface area contributed by atoms with E-state index in [9.17, 15) is 5.41 Å². The first-order valence-electron chi connectivity index (χ1n) is 22.6. The van der Waals surface area contributed by atoms with Gasteiger partial charge in [0.25, 0.3) is 0 Å². The molecule has 2 heterocycles. The third-order valence-electron chi connectivity index (χ3n) is 12.3. The number of fused-ring (bicyclic) bond motifs is 1. The van der Waals surface area contributed by atoms with Gasteiger partial charge in [0.2, 0.25) is 0 Å². The normalized spacial score (nSPS) is 12.6. The van der Waals surface area contributed by atoms with E-state index in [4.69, 9.17) is 9.97 Å². The van der Waals surface area contributed by atoms with E-state index in [-0.39, 0.29) is 0 Å². The minimum atomic E-state index is 0.451. The van der Waals surface area contributed by atoms with Gasteiger partial charge in [0, 0.05) is 39.1 Å². The summed E-state index contributed by atoms with van der Waals surface area (Å²) < 4.78 is 0. The van der Waals surface area contributed by atoms with E-state index in [1.54, 1.807) is 0 Å². The summed E-state index contributed by atoms with van der Waals surface area (Å²) in [7, 11) is 0. The molecule has 0 radical (unpaired) electrons. The van der Waals surface area contributed by atoms with Crippen molar-refractivity contribution in [1.82, 2.24) is 15.3 Å². The smallest absolute Gasteiger partial charge is 0.160 e. The molecule has 0 amide bonds. The van der Waals surface area contributed by atoms with Crippen molar-refractivity contribution < 1.29 is 0 Å². The molecule has 1 aromatic heterocycles. The Kier molecular flexibility index (Phi) is 11.1. The summed E-state index contributed by atoms with van der Waals surface area (Å²) in [6.07, 6.45) is 2.22. The van der Waals surface area contributed by atoms with Gasteiger partial charge in [0.15, 0.2) is 5.82 Å². The molecule has 0 saturated heterocycles. The van der Waals surface area contributed by atoms with Crippen molar-refractivity contribution in [3.8, 4) is 67.3 Å². The average Bonchev–Trinajstić information content (AvgIpc) is 3.42. The van der Waals surface area contributed by atoms with Crippen LogP contribution in [0.5, 0.6) is 0 Å². The number of rotatable bonds is 10. The third kappa shape index (κ3) is 8.55. The molecule has 2 N–H and O–H groups in total.